The van der Waals surface area contributed by atoms with Crippen molar-refractivity contribution in [3.63, 3.8) is 0 Å². The Morgan fingerprint density at radius 2 is 1.88 bits per heavy atom. The molecule has 0 fully saturated rings. The van der Waals surface area contributed by atoms with Gasteiger partial charge in [0.1, 0.15) is 11.8 Å². The molecule has 8 heteroatoms. The Morgan fingerprint density at radius 3 is 2.67 bits per heavy atom. The van der Waals surface area contributed by atoms with Gasteiger partial charge in [-0.2, -0.15) is 5.26 Å². The Labute approximate surface area is 194 Å². The van der Waals surface area contributed by atoms with Crippen molar-refractivity contribution < 1.29 is 9.53 Å². The molecule has 33 heavy (non-hydrogen) atoms. The van der Waals surface area contributed by atoms with Crippen LogP contribution in [0, 0.1) is 11.3 Å². The van der Waals surface area contributed by atoms with Crippen LogP contribution < -0.4 is 15.6 Å². The molecule has 0 bridgehead atoms. The molecule has 1 aromatic heterocycles. The molecule has 0 aliphatic carbocycles. The molecule has 0 aliphatic heterocycles. The molecule has 1 heterocycles. The summed E-state index contributed by atoms with van der Waals surface area (Å²) in [5.74, 6) is 0.296. The summed E-state index contributed by atoms with van der Waals surface area (Å²) in [6.07, 6.45) is 0. The highest BCUT2D eigenvalue weighted by atomic mass is 32.2. The van der Waals surface area contributed by atoms with Crippen molar-refractivity contribution in [1.82, 2.24) is 9.55 Å². The van der Waals surface area contributed by atoms with Crippen LogP contribution in [0.2, 0.25) is 0 Å². The summed E-state index contributed by atoms with van der Waals surface area (Å²) in [7, 11) is 1.56. The van der Waals surface area contributed by atoms with Crippen molar-refractivity contribution in [2.45, 2.75) is 17.3 Å². The normalized spacial score (nSPS) is 11.5. The summed E-state index contributed by atoms with van der Waals surface area (Å²) >= 11 is 1.16. The lowest BCUT2D eigenvalue weighted by atomic mass is 10.2. The fourth-order valence-corrected chi connectivity index (χ4v) is 4.23. The third kappa shape index (κ3) is 4.59. The maximum absolute atomic E-state index is 13.4. The zero-order valence-electron chi connectivity index (χ0n) is 18.0. The first-order valence-corrected chi connectivity index (χ1v) is 11.0. The van der Waals surface area contributed by atoms with Gasteiger partial charge in [0.05, 0.1) is 40.2 Å². The zero-order valence-corrected chi connectivity index (χ0v) is 18.8. The van der Waals surface area contributed by atoms with Gasteiger partial charge in [-0.3, -0.25) is 14.2 Å². The number of carbonyl (C=O) groups is 1. The Hall–Kier alpha value is -4.09. The van der Waals surface area contributed by atoms with Crippen LogP contribution in [0.25, 0.3) is 16.6 Å². The molecule has 1 atom stereocenters. The van der Waals surface area contributed by atoms with Gasteiger partial charge in [-0.15, -0.1) is 0 Å². The topological polar surface area (TPSA) is 97.0 Å². The first kappa shape index (κ1) is 22.1. The van der Waals surface area contributed by atoms with Crippen molar-refractivity contribution in [3.05, 3.63) is 88.7 Å². The third-order valence-corrected chi connectivity index (χ3v) is 6.07. The molecule has 3 aromatic carbocycles. The largest absolute Gasteiger partial charge is 0.497 e. The molecule has 0 aliphatic rings. The van der Waals surface area contributed by atoms with Gasteiger partial charge < -0.3 is 10.1 Å². The molecular weight excluding hydrogens is 436 g/mol. The summed E-state index contributed by atoms with van der Waals surface area (Å²) in [6, 6.07) is 23.1. The van der Waals surface area contributed by atoms with E-state index in [1.54, 1.807) is 80.8 Å². The van der Waals surface area contributed by atoms with Crippen molar-refractivity contribution in [2.75, 3.05) is 12.4 Å². The molecule has 0 unspecified atom stereocenters. The maximum atomic E-state index is 13.4. The minimum absolute atomic E-state index is 0.237. The second kappa shape index (κ2) is 9.59. The number of aromatic nitrogens is 2. The Morgan fingerprint density at radius 1 is 1.12 bits per heavy atom. The number of methoxy groups -OCH3 is 1. The van der Waals surface area contributed by atoms with E-state index in [1.165, 1.54) is 4.57 Å². The molecule has 1 amide bonds. The summed E-state index contributed by atoms with van der Waals surface area (Å²) in [5, 5.41) is 12.3. The van der Waals surface area contributed by atoms with Crippen molar-refractivity contribution >= 4 is 34.3 Å². The first-order chi connectivity index (χ1) is 16.0. The number of hydrogen-bond donors (Lipinski definition) is 1. The highest BCUT2D eigenvalue weighted by Gasteiger charge is 2.21. The minimum atomic E-state index is -0.596. The molecule has 4 rings (SSSR count). The highest BCUT2D eigenvalue weighted by Crippen LogP contribution is 2.27. The quantitative estimate of drug-likeness (QED) is 0.342. The van der Waals surface area contributed by atoms with Gasteiger partial charge >= 0.3 is 0 Å². The monoisotopic (exact) mass is 456 g/mol. The maximum Gasteiger partial charge on any atom is 0.266 e. The number of anilines is 1. The number of para-hydroxylation sites is 2. The number of nitrogens with zero attached hydrogens (tertiary/aromatic N) is 3. The number of benzene rings is 3. The minimum Gasteiger partial charge on any atom is -0.497 e. The molecular formula is C25H20N4O3S. The van der Waals surface area contributed by atoms with Crippen molar-refractivity contribution in [2.24, 2.45) is 0 Å². The van der Waals surface area contributed by atoms with E-state index in [0.29, 0.717) is 38.7 Å². The second-order valence-corrected chi connectivity index (χ2v) is 8.47. The molecule has 4 aromatic rings. The first-order valence-electron chi connectivity index (χ1n) is 10.1. The van der Waals surface area contributed by atoms with Crippen LogP contribution in [-0.2, 0) is 4.79 Å². The lowest BCUT2D eigenvalue weighted by Crippen LogP contribution is -2.26. The molecule has 0 radical (unpaired) electrons. The van der Waals surface area contributed by atoms with Gasteiger partial charge in [-0.05, 0) is 43.3 Å². The Balaban J connectivity index is 1.74. The average molecular weight is 457 g/mol. The number of nitrogens with one attached hydrogen (secondary N) is 1. The van der Waals surface area contributed by atoms with Crippen LogP contribution in [0.3, 0.4) is 0 Å². The van der Waals surface area contributed by atoms with Crippen LogP contribution >= 0.6 is 11.8 Å². The van der Waals surface area contributed by atoms with Crippen molar-refractivity contribution in [3.8, 4) is 17.5 Å². The number of ether oxygens (including phenoxy) is 1. The number of carbonyl (C=O) groups excluding carboxylic acids is 1. The van der Waals surface area contributed by atoms with E-state index < -0.39 is 5.25 Å². The fraction of sp³-hybridized carbons (Fsp3) is 0.120. The number of amides is 1. The Bertz CT molecular complexity index is 1440. The van der Waals surface area contributed by atoms with Crippen LogP contribution in [0.4, 0.5) is 5.69 Å². The van der Waals surface area contributed by atoms with Crippen LogP contribution in [0.15, 0.2) is 82.7 Å². The number of rotatable bonds is 6. The molecule has 1 N–H and O–H groups in total. The lowest BCUT2D eigenvalue weighted by molar-refractivity contribution is -0.115. The predicted molar refractivity (Wildman–Crippen MR) is 129 cm³/mol. The van der Waals surface area contributed by atoms with Crippen LogP contribution in [-0.4, -0.2) is 27.8 Å². The van der Waals surface area contributed by atoms with Gasteiger partial charge in [0, 0.05) is 6.07 Å². The highest BCUT2D eigenvalue weighted by molar-refractivity contribution is 8.00. The average Bonchev–Trinajstić information content (AvgIpc) is 2.84. The van der Waals surface area contributed by atoms with Gasteiger partial charge in [0.25, 0.3) is 5.56 Å². The zero-order chi connectivity index (χ0) is 23.4. The molecule has 164 valence electrons. The number of thioether (sulfide) groups is 1. The van der Waals surface area contributed by atoms with E-state index >= 15 is 0 Å². The third-order valence-electron chi connectivity index (χ3n) is 5.01. The van der Waals surface area contributed by atoms with E-state index in [0.717, 1.165) is 11.8 Å². The van der Waals surface area contributed by atoms with Crippen molar-refractivity contribution in [1.29, 1.82) is 5.26 Å². The van der Waals surface area contributed by atoms with Crippen LogP contribution in [0.5, 0.6) is 5.75 Å². The number of nitriles is 1. The number of fused-ring (bicyclic) bond motifs is 1. The van der Waals surface area contributed by atoms with Gasteiger partial charge in [0.2, 0.25) is 5.91 Å². The molecule has 0 saturated heterocycles. The summed E-state index contributed by atoms with van der Waals surface area (Å²) in [6.45, 7) is 1.73. The van der Waals surface area contributed by atoms with E-state index in [2.05, 4.69) is 16.4 Å². The number of hydrogen-bond acceptors (Lipinski definition) is 6. The van der Waals surface area contributed by atoms with E-state index in [-0.39, 0.29) is 11.5 Å². The van der Waals surface area contributed by atoms with Crippen LogP contribution in [0.1, 0.15) is 12.5 Å². The van der Waals surface area contributed by atoms with E-state index in [1.807, 2.05) is 6.07 Å². The van der Waals surface area contributed by atoms with Gasteiger partial charge in [-0.25, -0.2) is 4.98 Å². The smallest absolute Gasteiger partial charge is 0.266 e. The molecule has 7 nitrogen and oxygen atoms in total. The Kier molecular flexibility index (Phi) is 6.43. The lowest BCUT2D eigenvalue weighted by Gasteiger charge is -2.17. The summed E-state index contributed by atoms with van der Waals surface area (Å²) in [4.78, 5) is 31.0. The molecule has 0 spiro atoms. The summed E-state index contributed by atoms with van der Waals surface area (Å²) < 4.78 is 6.81. The van der Waals surface area contributed by atoms with E-state index in [4.69, 9.17) is 4.74 Å². The fourth-order valence-electron chi connectivity index (χ4n) is 3.30. The standard InChI is InChI=1S/C25H20N4O3S/c1-16(23(30)27-21-12-5-3-8-17(21)15-26)33-25-28-22-13-6-4-11-20(22)24(31)29(25)18-9-7-10-19(14-18)32-2/h3-14,16H,1-2H3,(H,27,30)/t16-/m0/s1. The van der Waals surface area contributed by atoms with Gasteiger partial charge in [-0.1, -0.05) is 42.1 Å². The predicted octanol–water partition coefficient (Wildman–Crippen LogP) is 4.39. The van der Waals surface area contributed by atoms with E-state index in [9.17, 15) is 14.9 Å². The van der Waals surface area contributed by atoms with Gasteiger partial charge in [0.15, 0.2) is 5.16 Å². The second-order valence-electron chi connectivity index (χ2n) is 7.16. The summed E-state index contributed by atoms with van der Waals surface area (Å²) in [5.41, 5.74) is 1.71. The SMILES string of the molecule is COc1cccc(-n2c(S[C@@H](C)C(=O)Nc3ccccc3C#N)nc3ccccc3c2=O)c1. The molecule has 0 saturated carbocycles.